The lowest BCUT2D eigenvalue weighted by Gasteiger charge is -2.34. The summed E-state index contributed by atoms with van der Waals surface area (Å²) < 4.78 is 271. The first-order valence-corrected chi connectivity index (χ1v) is 30.8. The first-order valence-electron chi connectivity index (χ1n) is 46.3. The fourth-order valence-corrected chi connectivity index (χ4v) is 10.4. The zero-order chi connectivity index (χ0) is 102. The number of methoxy groups -OCH3 is 3. The molecule has 546 valence electrons. The number of ketones is 3. The van der Waals surface area contributed by atoms with Crippen LogP contribution in [0.2, 0.25) is 0 Å². The summed E-state index contributed by atoms with van der Waals surface area (Å²) in [7, 11) is -9.07. The van der Waals surface area contributed by atoms with Gasteiger partial charge >= 0.3 is 0 Å². The van der Waals surface area contributed by atoms with E-state index in [2.05, 4.69) is 75.1 Å². The topological polar surface area (TPSA) is 418 Å². The molecule has 0 unspecified atom stereocenters. The fourth-order valence-electron chi connectivity index (χ4n) is 10.4. The van der Waals surface area contributed by atoms with E-state index in [1.165, 1.54) is 72.6 Å². The zero-order valence-corrected chi connectivity index (χ0v) is 55.6. The molecule has 15 heterocycles. The van der Waals surface area contributed by atoms with Crippen molar-refractivity contribution in [3.05, 3.63) is 179 Å². The Morgan fingerprint density at radius 2 is 0.757 bits per heavy atom. The van der Waals surface area contributed by atoms with Gasteiger partial charge in [-0.3, -0.25) is 58.1 Å². The van der Waals surface area contributed by atoms with E-state index in [1.807, 2.05) is 0 Å². The number of amides is 6. The molecular formula is C71H70N24O12. The Kier molecular flexibility index (Phi) is 12.2. The third kappa shape index (κ3) is 14.5. The van der Waals surface area contributed by atoms with Gasteiger partial charge in [-0.25, -0.2) is 43.9 Å². The molecule has 15 rings (SSSR count). The molecule has 0 aliphatic carbocycles. The van der Waals surface area contributed by atoms with Crippen LogP contribution in [0.15, 0.2) is 117 Å². The molecule has 0 radical (unpaired) electrons. The first-order chi connectivity index (χ1) is 63.7. The molecule has 3 aliphatic rings. The third-order valence-corrected chi connectivity index (χ3v) is 15.5. The number of fused-ring (bicyclic) bond motifs is 3. The van der Waals surface area contributed by atoms with Crippen molar-refractivity contribution in [3.8, 4) is 34.7 Å². The molecule has 0 spiro atoms. The number of aryl methyl sites for hydroxylation is 3. The lowest BCUT2D eigenvalue weighted by atomic mass is 10.1. The van der Waals surface area contributed by atoms with Crippen molar-refractivity contribution in [2.75, 3.05) is 99.3 Å². The molecular weight excluding hydrogens is 1380 g/mol. The van der Waals surface area contributed by atoms with E-state index in [4.69, 9.17) is 56.7 Å². The molecule has 0 atom stereocenters. The number of hydrogen-bond acceptors (Lipinski definition) is 24. The Bertz CT molecular complexity index is 6950. The van der Waals surface area contributed by atoms with Gasteiger partial charge in [0.05, 0.1) is 132 Å². The smallest absolute Gasteiger partial charge is 0.295 e. The summed E-state index contributed by atoms with van der Waals surface area (Å²) in [5.74, 6) is -13.9. The van der Waals surface area contributed by atoms with Crippen LogP contribution in [0.4, 0.5) is 0 Å². The Balaban J connectivity index is 0.000000175. The van der Waals surface area contributed by atoms with Gasteiger partial charge in [-0.1, -0.05) is 18.2 Å². The van der Waals surface area contributed by atoms with Gasteiger partial charge in [0, 0.05) is 115 Å². The fraction of sp³-hybridized carbons (Fsp3) is 0.282. The van der Waals surface area contributed by atoms with Crippen LogP contribution in [0.1, 0.15) is 134 Å². The maximum Gasteiger partial charge on any atom is 0.295 e. The SMILES string of the molecule is [2H]C([2H])([2H])Oc1cnc(-n2cnc(C)n2)c2[nH]cc(C(=O)C(=O)N3C([2H])([2H])C([2H])([2H])N(C(=O)c4ccccn4)C([2H])([2H])C3([2H])[2H])c12.[2H]c1nc(C(=O)N2C([2H])([2H])C([2H])([2H])N(C(=O)C(=O)c3c[nH]c4c(-n5cnc(C)n5)ncc(OC([2H])([2H])[2H])c34)C([2H])([2H])C2([2H])[2H])c([2H])c([2H])c1C.[2H]c1nc(C(=O)N2CCN(C(=O)C(=O)c3c[nH]c4c(-n5cnc(C)n5)ncc(OC([2H])([2H])[2H])c34)CC2)c([2H])c([2H])c1C. The zero-order valence-electron chi connectivity index (χ0n) is 86.6. The highest BCUT2D eigenvalue weighted by Crippen LogP contribution is 2.35. The molecule has 3 fully saturated rings. The lowest BCUT2D eigenvalue weighted by molar-refractivity contribution is -0.128. The molecule has 3 saturated heterocycles. The second kappa shape index (κ2) is 30.6. The largest absolute Gasteiger partial charge is 0.494 e. The molecule has 0 saturated carbocycles. The number of pyridine rings is 6. The van der Waals surface area contributed by atoms with Crippen LogP contribution in [0, 0.1) is 34.6 Å². The highest BCUT2D eigenvalue weighted by molar-refractivity contribution is 6.46. The summed E-state index contributed by atoms with van der Waals surface area (Å²) in [5, 5.41) is 11.6. The van der Waals surface area contributed by atoms with Crippen molar-refractivity contribution >= 4 is 85.5 Å². The number of aromatic nitrogens is 18. The van der Waals surface area contributed by atoms with Crippen molar-refractivity contribution < 1.29 is 99.9 Å². The lowest BCUT2D eigenvalue weighted by Crippen LogP contribution is -2.52. The van der Waals surface area contributed by atoms with Crippen LogP contribution in [0.5, 0.6) is 17.2 Å². The number of nitrogens with zero attached hydrogens (tertiary/aromatic N) is 21. The summed E-state index contributed by atoms with van der Waals surface area (Å²) in [4.78, 5) is 166. The van der Waals surface area contributed by atoms with Crippen LogP contribution in [-0.4, -0.2) is 271 Å². The van der Waals surface area contributed by atoms with E-state index in [1.54, 1.807) is 13.8 Å². The highest BCUT2D eigenvalue weighted by atomic mass is 16.5. The van der Waals surface area contributed by atoms with E-state index in [9.17, 15) is 43.2 Å². The van der Waals surface area contributed by atoms with Gasteiger partial charge in [0.1, 0.15) is 70.8 Å². The summed E-state index contributed by atoms with van der Waals surface area (Å²) >= 11 is 0. The van der Waals surface area contributed by atoms with Gasteiger partial charge < -0.3 is 58.6 Å². The van der Waals surface area contributed by atoms with Gasteiger partial charge in [-0.15, -0.1) is 0 Å². The molecule has 3 N–H and O–H groups in total. The molecule has 107 heavy (non-hydrogen) atoms. The number of Topliss-reactive ketones (excluding diaryl/α,β-unsaturated/α-hetero) is 3. The van der Waals surface area contributed by atoms with Gasteiger partial charge in [0.25, 0.3) is 52.8 Å². The minimum atomic E-state index is -4.06. The average molecular weight is 1480 g/mol. The second-order valence-electron chi connectivity index (χ2n) is 22.3. The monoisotopic (exact) mass is 1480 g/mol. The van der Waals surface area contributed by atoms with Crippen LogP contribution < -0.4 is 14.2 Å². The van der Waals surface area contributed by atoms with Crippen molar-refractivity contribution in [1.82, 2.24) is 119 Å². The minimum absolute atomic E-state index is 0.0109. The number of H-pyrrole nitrogens is 3. The van der Waals surface area contributed by atoms with Crippen LogP contribution in [0.3, 0.4) is 0 Å². The van der Waals surface area contributed by atoms with E-state index in [0.29, 0.717) is 11.6 Å². The van der Waals surface area contributed by atoms with Crippen molar-refractivity contribution in [3.63, 3.8) is 0 Å². The molecule has 6 amide bonds. The quantitative estimate of drug-likeness (QED) is 0.0973. The van der Waals surface area contributed by atoms with Crippen LogP contribution in [-0.2, 0) is 14.4 Å². The molecule has 36 heteroatoms. The van der Waals surface area contributed by atoms with Crippen LogP contribution >= 0.6 is 0 Å². The Labute approximate surface area is 651 Å². The molecule has 12 aromatic rings. The highest BCUT2D eigenvalue weighted by Gasteiger charge is 2.36. The number of ether oxygens (including phenoxy) is 3. The van der Waals surface area contributed by atoms with Gasteiger partial charge in [0.15, 0.2) is 17.5 Å². The number of nitrogens with one attached hydrogen (secondary N) is 3. The first kappa shape index (κ1) is 42.7. The third-order valence-electron chi connectivity index (χ3n) is 15.5. The Hall–Kier alpha value is -13.8. The molecule has 12 aromatic heterocycles. The van der Waals surface area contributed by atoms with Gasteiger partial charge in [0.2, 0.25) is 0 Å². The number of piperazine rings is 3. The molecule has 0 aromatic carbocycles. The van der Waals surface area contributed by atoms with E-state index < -0.39 is 198 Å². The van der Waals surface area contributed by atoms with Crippen molar-refractivity contribution in [2.45, 2.75) is 34.6 Å². The summed E-state index contributed by atoms with van der Waals surface area (Å²) in [6, 6.07) is 1.44. The number of rotatable bonds is 15. The van der Waals surface area contributed by atoms with Crippen molar-refractivity contribution in [2.24, 2.45) is 0 Å². The van der Waals surface area contributed by atoms with E-state index >= 15 is 0 Å². The summed E-state index contributed by atoms with van der Waals surface area (Å²) in [5.41, 5.74) is -3.64. The maximum atomic E-state index is 13.9. The van der Waals surface area contributed by atoms with E-state index in [-0.39, 0.29) is 128 Å². The van der Waals surface area contributed by atoms with Gasteiger partial charge in [-0.2, -0.15) is 15.3 Å². The predicted octanol–water partition coefficient (Wildman–Crippen LogP) is 3.69. The van der Waals surface area contributed by atoms with E-state index in [0.717, 1.165) is 52.6 Å². The van der Waals surface area contributed by atoms with Gasteiger partial charge in [-0.05, 0) is 70.0 Å². The standard InChI is InChI=1S/2C24H24N8O4.C23H22N8O4/c2*1-14-4-5-17(25-10-14)23(34)30-6-8-31(9-7-30)24(35)21(33)16-11-26-20-19(16)18(36-3)12-27-22(20)32-13-28-15(2)29-32;1-14-27-13-31(28-14)21-19-18(17(35-2)12-26-21)15(11-25-19)20(32)23(34)30-9-7-29(8-10-30)22(33)16-5-3-4-6-24-16/h2*4-5,10-13,26H,6-9H2,1-3H3;3-6,11-13,25H,7-10H2,1-2H3/i3D3,4D,5D,6D2,7D2,8D2,9D2,10D;3D3,4D,5D,10D;2D3,7D2,8D2,9D2,10D2. The van der Waals surface area contributed by atoms with Crippen LogP contribution in [0.25, 0.3) is 50.2 Å². The summed E-state index contributed by atoms with van der Waals surface area (Å²) in [6.45, 7) is -24.0. The number of carbonyl (C=O) groups excluding carboxylic acids is 9. The average Bonchev–Trinajstić information content (AvgIpc) is 1.47. The predicted molar refractivity (Wildman–Crippen MR) is 380 cm³/mol. The molecule has 36 nitrogen and oxygen atoms in total. The normalized spacial score (nSPS) is 22.1. The Morgan fingerprint density at radius 1 is 0.411 bits per heavy atom. The number of hydrogen-bond donors (Lipinski definition) is 3. The number of carbonyl (C=O) groups is 9. The molecule has 3 aliphatic heterocycles. The Morgan fingerprint density at radius 3 is 1.10 bits per heavy atom. The van der Waals surface area contributed by atoms with Crippen molar-refractivity contribution in [1.29, 1.82) is 0 Å². The minimum Gasteiger partial charge on any atom is -0.494 e. The second-order valence-corrected chi connectivity index (χ2v) is 22.3. The number of aromatic amines is 3. The molecule has 0 bridgehead atoms. The maximum absolute atomic E-state index is 13.9. The summed E-state index contributed by atoms with van der Waals surface area (Å²) in [6.07, 6.45) is 9.92.